The topological polar surface area (TPSA) is 190 Å². The summed E-state index contributed by atoms with van der Waals surface area (Å²) in [5.41, 5.74) is 0.691. The minimum atomic E-state index is -1.64. The van der Waals surface area contributed by atoms with Crippen LogP contribution >= 0.6 is 0 Å². The fourth-order valence-electron chi connectivity index (χ4n) is 3.82. The molecule has 174 valence electrons. The van der Waals surface area contributed by atoms with Crippen LogP contribution in [0.2, 0.25) is 0 Å². The van der Waals surface area contributed by atoms with Crippen molar-refractivity contribution in [3.8, 4) is 28.7 Å². The van der Waals surface area contributed by atoms with Crippen LogP contribution in [0.25, 0.3) is 0 Å². The van der Waals surface area contributed by atoms with E-state index in [2.05, 4.69) is 0 Å². The van der Waals surface area contributed by atoms with Crippen LogP contribution in [0.1, 0.15) is 17.2 Å². The molecule has 0 aliphatic carbocycles. The first kappa shape index (κ1) is 22.4. The van der Waals surface area contributed by atoms with E-state index >= 15 is 0 Å². The number of benzene rings is 2. The van der Waals surface area contributed by atoms with Gasteiger partial charge in [0.2, 0.25) is 6.29 Å². The summed E-state index contributed by atoms with van der Waals surface area (Å²) in [6, 6.07) is 6.58. The van der Waals surface area contributed by atoms with Crippen LogP contribution in [0.3, 0.4) is 0 Å². The Labute approximate surface area is 181 Å². The molecule has 11 nitrogen and oxygen atoms in total. The van der Waals surface area contributed by atoms with Crippen LogP contribution in [-0.2, 0) is 11.2 Å². The van der Waals surface area contributed by atoms with Crippen LogP contribution < -0.4 is 9.47 Å². The summed E-state index contributed by atoms with van der Waals surface area (Å²) in [7, 11) is 0. The predicted molar refractivity (Wildman–Crippen MR) is 105 cm³/mol. The molecule has 8 N–H and O–H groups in total. The highest BCUT2D eigenvalue weighted by Gasteiger charge is 2.45. The number of fused-ring (bicyclic) bond motifs is 1. The summed E-state index contributed by atoms with van der Waals surface area (Å²) in [5.74, 6) is -0.811. The number of ether oxygens (including phenoxy) is 3. The summed E-state index contributed by atoms with van der Waals surface area (Å²) >= 11 is 0. The van der Waals surface area contributed by atoms with E-state index in [-0.39, 0.29) is 35.2 Å². The van der Waals surface area contributed by atoms with Crippen molar-refractivity contribution in [2.75, 3.05) is 6.61 Å². The molecule has 32 heavy (non-hydrogen) atoms. The molecule has 7 atom stereocenters. The van der Waals surface area contributed by atoms with Gasteiger partial charge in [0.25, 0.3) is 0 Å². The summed E-state index contributed by atoms with van der Waals surface area (Å²) in [5, 5.41) is 79.4. The molecule has 4 rings (SSSR count). The molecule has 11 heteroatoms. The molecule has 2 aliphatic rings. The van der Waals surface area contributed by atoms with Gasteiger partial charge >= 0.3 is 0 Å². The van der Waals surface area contributed by atoms with Crippen molar-refractivity contribution < 1.29 is 55.1 Å². The van der Waals surface area contributed by atoms with Crippen molar-refractivity contribution >= 4 is 0 Å². The second-order valence-electron chi connectivity index (χ2n) is 7.79. The van der Waals surface area contributed by atoms with Gasteiger partial charge in [-0.25, -0.2) is 0 Å². The van der Waals surface area contributed by atoms with Crippen LogP contribution in [0.4, 0.5) is 0 Å². The summed E-state index contributed by atoms with van der Waals surface area (Å²) in [6.45, 7) is -0.623. The third-order valence-electron chi connectivity index (χ3n) is 5.60. The van der Waals surface area contributed by atoms with E-state index in [4.69, 9.17) is 14.2 Å². The molecule has 0 aromatic heterocycles. The SMILES string of the molecule is OC[C@H]1O[C@@H](Oc2cc(O)c3c(c2)OC(c2ccc(O)c(O)c2)C(O)C3)[C@H](O)[C@@H](O)[C@@H]1O. The van der Waals surface area contributed by atoms with Gasteiger partial charge in [0.15, 0.2) is 11.5 Å². The van der Waals surface area contributed by atoms with Crippen molar-refractivity contribution in [2.24, 2.45) is 0 Å². The van der Waals surface area contributed by atoms with Gasteiger partial charge in [-0.15, -0.1) is 0 Å². The van der Waals surface area contributed by atoms with Crippen LogP contribution in [-0.4, -0.2) is 84.3 Å². The van der Waals surface area contributed by atoms with Crippen molar-refractivity contribution in [1.82, 2.24) is 0 Å². The van der Waals surface area contributed by atoms with Gasteiger partial charge in [0.1, 0.15) is 47.8 Å². The lowest BCUT2D eigenvalue weighted by atomic mass is 9.94. The second kappa shape index (κ2) is 8.62. The molecule has 2 aromatic rings. The number of phenols is 3. The van der Waals surface area contributed by atoms with Crippen LogP contribution in [0, 0.1) is 0 Å². The van der Waals surface area contributed by atoms with E-state index in [0.29, 0.717) is 11.1 Å². The molecule has 2 aliphatic heterocycles. The Morgan fingerprint density at radius 2 is 1.62 bits per heavy atom. The monoisotopic (exact) mass is 452 g/mol. The molecule has 1 saturated heterocycles. The van der Waals surface area contributed by atoms with Gasteiger partial charge in [-0.3, -0.25) is 0 Å². The lowest BCUT2D eigenvalue weighted by molar-refractivity contribution is -0.277. The molecule has 0 saturated carbocycles. The smallest absolute Gasteiger partial charge is 0.229 e. The molecule has 2 unspecified atom stereocenters. The number of hydrogen-bond donors (Lipinski definition) is 8. The summed E-state index contributed by atoms with van der Waals surface area (Å²) < 4.78 is 16.7. The van der Waals surface area contributed by atoms with Crippen molar-refractivity contribution in [1.29, 1.82) is 0 Å². The first-order valence-corrected chi connectivity index (χ1v) is 9.89. The fourth-order valence-corrected chi connectivity index (χ4v) is 3.82. The standard InChI is InChI=1S/C21H24O11/c22-7-16-17(27)18(28)19(29)21(32-16)30-9-4-12(24)10-6-14(26)20(31-15(10)5-9)8-1-2-11(23)13(25)3-8/h1-5,14,16-29H,6-7H2/t14?,16-,17-,18+,19-,20?,21-/m1/s1. The average molecular weight is 452 g/mol. The van der Waals surface area contributed by atoms with Gasteiger partial charge in [0, 0.05) is 24.1 Å². The van der Waals surface area contributed by atoms with Gasteiger partial charge < -0.3 is 55.1 Å². The number of rotatable bonds is 4. The summed E-state index contributed by atoms with van der Waals surface area (Å²) in [6.07, 6.45) is -9.39. The number of aromatic hydroxyl groups is 3. The van der Waals surface area contributed by atoms with Gasteiger partial charge in [-0.2, -0.15) is 0 Å². The van der Waals surface area contributed by atoms with E-state index in [1.165, 1.54) is 30.3 Å². The molecule has 2 aromatic carbocycles. The minimum Gasteiger partial charge on any atom is -0.507 e. The van der Waals surface area contributed by atoms with Crippen LogP contribution in [0.5, 0.6) is 28.7 Å². The predicted octanol–water partition coefficient (Wildman–Crippen LogP) is -0.981. The Morgan fingerprint density at radius 1 is 0.875 bits per heavy atom. The number of aliphatic hydroxyl groups is 5. The maximum atomic E-state index is 10.5. The Balaban J connectivity index is 1.59. The highest BCUT2D eigenvalue weighted by molar-refractivity contribution is 5.52. The highest BCUT2D eigenvalue weighted by atomic mass is 16.7. The third kappa shape index (κ3) is 4.01. The Kier molecular flexibility index (Phi) is 6.03. The van der Waals surface area contributed by atoms with Crippen molar-refractivity contribution in [2.45, 2.75) is 49.3 Å². The lowest BCUT2D eigenvalue weighted by Crippen LogP contribution is -2.60. The van der Waals surface area contributed by atoms with Gasteiger partial charge in [-0.1, -0.05) is 6.07 Å². The first-order chi connectivity index (χ1) is 15.2. The quantitative estimate of drug-likeness (QED) is 0.266. The minimum absolute atomic E-state index is 0.00530. The molecule has 2 heterocycles. The van der Waals surface area contributed by atoms with Gasteiger partial charge in [-0.05, 0) is 17.7 Å². The second-order valence-corrected chi connectivity index (χ2v) is 7.79. The van der Waals surface area contributed by atoms with E-state index < -0.39 is 49.5 Å². The molecular weight excluding hydrogens is 428 g/mol. The van der Waals surface area contributed by atoms with Crippen molar-refractivity contribution in [3.63, 3.8) is 0 Å². The normalized spacial score (nSPS) is 32.1. The number of hydrogen-bond acceptors (Lipinski definition) is 11. The number of phenolic OH excluding ortho intramolecular Hbond substituents is 3. The van der Waals surface area contributed by atoms with E-state index in [9.17, 15) is 40.9 Å². The maximum Gasteiger partial charge on any atom is 0.229 e. The molecule has 1 fully saturated rings. The molecule has 0 spiro atoms. The van der Waals surface area contributed by atoms with Gasteiger partial charge in [0.05, 0.1) is 12.7 Å². The highest BCUT2D eigenvalue weighted by Crippen LogP contribution is 2.43. The van der Waals surface area contributed by atoms with E-state index in [1.807, 2.05) is 0 Å². The Morgan fingerprint density at radius 3 is 2.31 bits per heavy atom. The van der Waals surface area contributed by atoms with E-state index in [0.717, 1.165) is 0 Å². The van der Waals surface area contributed by atoms with E-state index in [1.54, 1.807) is 0 Å². The number of aliphatic hydroxyl groups excluding tert-OH is 5. The Bertz CT molecular complexity index is 978. The average Bonchev–Trinajstić information content (AvgIpc) is 2.76. The Hall–Kier alpha value is -2.80. The molecule has 0 radical (unpaired) electrons. The zero-order chi connectivity index (χ0) is 23.2. The maximum absolute atomic E-state index is 10.5. The molecular formula is C21H24O11. The zero-order valence-corrected chi connectivity index (χ0v) is 16.6. The zero-order valence-electron chi connectivity index (χ0n) is 16.6. The fraction of sp³-hybridized carbons (Fsp3) is 0.429. The lowest BCUT2D eigenvalue weighted by Gasteiger charge is -2.39. The van der Waals surface area contributed by atoms with Crippen LogP contribution in [0.15, 0.2) is 30.3 Å². The largest absolute Gasteiger partial charge is 0.507 e. The first-order valence-electron chi connectivity index (χ1n) is 9.89. The summed E-state index contributed by atoms with van der Waals surface area (Å²) in [4.78, 5) is 0. The molecule has 0 bridgehead atoms. The third-order valence-corrected chi connectivity index (χ3v) is 5.60. The van der Waals surface area contributed by atoms with Crippen molar-refractivity contribution in [3.05, 3.63) is 41.5 Å². The molecule has 0 amide bonds.